The Balaban J connectivity index is 1.52. The average molecular weight is 472 g/mol. The number of nitrogens with zero attached hydrogens (tertiary/aromatic N) is 2. The van der Waals surface area contributed by atoms with Gasteiger partial charge in [-0.25, -0.2) is 8.42 Å². The van der Waals surface area contributed by atoms with Gasteiger partial charge in [-0.05, 0) is 61.1 Å². The van der Waals surface area contributed by atoms with E-state index in [4.69, 9.17) is 4.74 Å². The Kier molecular flexibility index (Phi) is 6.71. The molecule has 4 rings (SSSR count). The van der Waals surface area contributed by atoms with Crippen molar-refractivity contribution in [3.05, 3.63) is 48.0 Å². The molecule has 8 nitrogen and oxygen atoms in total. The predicted octanol–water partition coefficient (Wildman–Crippen LogP) is 3.03. The summed E-state index contributed by atoms with van der Waals surface area (Å²) in [6.45, 7) is 3.03. The van der Waals surface area contributed by atoms with Gasteiger partial charge in [0.05, 0.1) is 12.0 Å². The van der Waals surface area contributed by atoms with Crippen LogP contribution >= 0.6 is 0 Å². The van der Waals surface area contributed by atoms with Crippen molar-refractivity contribution in [1.82, 2.24) is 4.31 Å². The van der Waals surface area contributed by atoms with Gasteiger partial charge in [0.1, 0.15) is 12.3 Å². The van der Waals surface area contributed by atoms with Gasteiger partial charge in [-0.3, -0.25) is 9.59 Å². The lowest BCUT2D eigenvalue weighted by Crippen LogP contribution is -2.41. The van der Waals surface area contributed by atoms with Crippen LogP contribution in [0.4, 0.5) is 11.4 Å². The highest BCUT2D eigenvalue weighted by molar-refractivity contribution is 7.89. The Bertz CT molecular complexity index is 1160. The van der Waals surface area contributed by atoms with Crippen LogP contribution in [-0.2, 0) is 26.0 Å². The van der Waals surface area contributed by atoms with Gasteiger partial charge in [0.25, 0.3) is 0 Å². The van der Waals surface area contributed by atoms with E-state index in [-0.39, 0.29) is 29.7 Å². The van der Waals surface area contributed by atoms with E-state index in [1.165, 1.54) is 11.0 Å². The molecule has 0 aromatic heterocycles. The van der Waals surface area contributed by atoms with Crippen molar-refractivity contribution in [2.24, 2.45) is 5.92 Å². The van der Waals surface area contributed by atoms with Gasteiger partial charge in [-0.2, -0.15) is 4.31 Å². The number of benzene rings is 2. The van der Waals surface area contributed by atoms with Gasteiger partial charge in [0.2, 0.25) is 21.8 Å². The number of nitrogens with one attached hydrogen (secondary N) is 1. The molecule has 0 radical (unpaired) electrons. The van der Waals surface area contributed by atoms with Crippen molar-refractivity contribution in [3.63, 3.8) is 0 Å². The number of hydrogen-bond acceptors (Lipinski definition) is 5. The van der Waals surface area contributed by atoms with E-state index in [0.717, 1.165) is 18.4 Å². The third-order valence-corrected chi connectivity index (χ3v) is 8.18. The smallest absolute Gasteiger partial charge is 0.244 e. The number of sulfonamides is 1. The molecule has 2 aromatic rings. The summed E-state index contributed by atoms with van der Waals surface area (Å²) in [5, 5.41) is 2.78. The Hall–Kier alpha value is -2.91. The molecule has 1 fully saturated rings. The number of amides is 2. The van der Waals surface area contributed by atoms with E-state index in [2.05, 4.69) is 12.2 Å². The van der Waals surface area contributed by atoms with Crippen LogP contribution in [0.1, 0.15) is 31.7 Å². The fraction of sp³-hybridized carbons (Fsp3) is 0.417. The molecule has 1 N–H and O–H groups in total. The van der Waals surface area contributed by atoms with E-state index in [1.807, 2.05) is 0 Å². The summed E-state index contributed by atoms with van der Waals surface area (Å²) < 4.78 is 33.0. The number of piperidine rings is 1. The first kappa shape index (κ1) is 23.3. The number of ether oxygens (including phenoxy) is 1. The number of hydrogen-bond donors (Lipinski definition) is 1. The van der Waals surface area contributed by atoms with E-state index < -0.39 is 10.0 Å². The zero-order chi connectivity index (χ0) is 23.6. The highest BCUT2D eigenvalue weighted by Gasteiger charge is 2.31. The molecule has 2 amide bonds. The molecule has 0 atom stereocenters. The molecule has 33 heavy (non-hydrogen) atoms. The molecule has 0 spiro atoms. The quantitative estimate of drug-likeness (QED) is 0.699. The summed E-state index contributed by atoms with van der Waals surface area (Å²) in [5.41, 5.74) is 1.91. The van der Waals surface area contributed by atoms with Gasteiger partial charge in [-0.15, -0.1) is 0 Å². The van der Waals surface area contributed by atoms with Crippen molar-refractivity contribution in [3.8, 4) is 5.75 Å². The SMILES string of the molecule is COc1cccc(NC(=O)CN2C(=O)CCc3cc(S(=O)(=O)N4CCC(C)CC4)ccc32)c1. The first-order valence-corrected chi connectivity index (χ1v) is 12.6. The first-order chi connectivity index (χ1) is 15.8. The Morgan fingerprint density at radius 3 is 2.61 bits per heavy atom. The minimum atomic E-state index is -3.58. The maximum atomic E-state index is 13.1. The lowest BCUT2D eigenvalue weighted by Gasteiger charge is -2.31. The largest absolute Gasteiger partial charge is 0.497 e. The van der Waals surface area contributed by atoms with Crippen LogP contribution in [0.25, 0.3) is 0 Å². The summed E-state index contributed by atoms with van der Waals surface area (Å²) in [4.78, 5) is 26.9. The van der Waals surface area contributed by atoms with E-state index in [1.54, 1.807) is 47.8 Å². The summed E-state index contributed by atoms with van der Waals surface area (Å²) in [5.74, 6) is 0.638. The number of carbonyl (C=O) groups is 2. The lowest BCUT2D eigenvalue weighted by atomic mass is 10.0. The summed E-state index contributed by atoms with van der Waals surface area (Å²) in [6.07, 6.45) is 2.39. The Morgan fingerprint density at radius 1 is 1.12 bits per heavy atom. The number of carbonyl (C=O) groups excluding carboxylic acids is 2. The van der Waals surface area contributed by atoms with Crippen molar-refractivity contribution in [2.45, 2.75) is 37.5 Å². The molecule has 2 aliphatic heterocycles. The second-order valence-corrected chi connectivity index (χ2v) is 10.6. The van der Waals surface area contributed by atoms with Gasteiger partial charge in [-0.1, -0.05) is 13.0 Å². The maximum Gasteiger partial charge on any atom is 0.244 e. The molecule has 176 valence electrons. The van der Waals surface area contributed by atoms with Crippen molar-refractivity contribution in [2.75, 3.05) is 37.0 Å². The zero-order valence-corrected chi connectivity index (χ0v) is 19.7. The molecule has 9 heteroatoms. The number of methoxy groups -OCH3 is 1. The summed E-state index contributed by atoms with van der Waals surface area (Å²) >= 11 is 0. The monoisotopic (exact) mass is 471 g/mol. The number of anilines is 2. The van der Waals surface area contributed by atoms with Gasteiger partial charge >= 0.3 is 0 Å². The Morgan fingerprint density at radius 2 is 1.88 bits per heavy atom. The molecule has 0 aliphatic carbocycles. The summed E-state index contributed by atoms with van der Waals surface area (Å²) in [7, 11) is -2.04. The van der Waals surface area contributed by atoms with E-state index in [9.17, 15) is 18.0 Å². The van der Waals surface area contributed by atoms with Crippen LogP contribution in [0.5, 0.6) is 5.75 Å². The third kappa shape index (κ3) is 5.04. The molecule has 0 saturated carbocycles. The fourth-order valence-corrected chi connectivity index (χ4v) is 5.81. The summed E-state index contributed by atoms with van der Waals surface area (Å²) in [6, 6.07) is 11.8. The molecule has 2 heterocycles. The highest BCUT2D eigenvalue weighted by atomic mass is 32.2. The van der Waals surface area contributed by atoms with E-state index >= 15 is 0 Å². The van der Waals surface area contributed by atoms with Gasteiger partial charge in [0, 0.05) is 37.0 Å². The van der Waals surface area contributed by atoms with Crippen LogP contribution in [-0.4, -0.2) is 51.3 Å². The van der Waals surface area contributed by atoms with Crippen molar-refractivity contribution < 1.29 is 22.7 Å². The molecule has 2 aromatic carbocycles. The Labute approximate surface area is 194 Å². The number of fused-ring (bicyclic) bond motifs is 1. The standard InChI is InChI=1S/C24H29N3O5S/c1-17-10-12-26(13-11-17)33(30,31)21-7-8-22-18(14-21)6-9-24(29)27(22)16-23(28)25-19-4-3-5-20(15-19)32-2/h3-5,7-8,14-15,17H,6,9-13,16H2,1-2H3,(H,25,28). The van der Waals surface area contributed by atoms with Crippen LogP contribution in [0.3, 0.4) is 0 Å². The highest BCUT2D eigenvalue weighted by Crippen LogP contribution is 2.32. The number of rotatable bonds is 6. The van der Waals surface area contributed by atoms with Gasteiger partial charge < -0.3 is 15.0 Å². The van der Waals surface area contributed by atoms with Crippen LogP contribution in [0.2, 0.25) is 0 Å². The normalized spacial score (nSPS) is 17.5. The molecule has 0 unspecified atom stereocenters. The van der Waals surface area contributed by atoms with Crippen molar-refractivity contribution >= 4 is 33.2 Å². The maximum absolute atomic E-state index is 13.1. The topological polar surface area (TPSA) is 96.0 Å². The second kappa shape index (κ2) is 9.52. The van der Waals surface area contributed by atoms with Crippen LogP contribution in [0, 0.1) is 5.92 Å². The minimum Gasteiger partial charge on any atom is -0.497 e. The third-order valence-electron chi connectivity index (χ3n) is 6.29. The van der Waals surface area contributed by atoms with Crippen molar-refractivity contribution in [1.29, 1.82) is 0 Å². The first-order valence-electron chi connectivity index (χ1n) is 11.2. The molecule has 2 aliphatic rings. The lowest BCUT2D eigenvalue weighted by molar-refractivity contribution is -0.121. The predicted molar refractivity (Wildman–Crippen MR) is 126 cm³/mol. The van der Waals surface area contributed by atoms with Crippen LogP contribution < -0.4 is 15.0 Å². The molecule has 0 bridgehead atoms. The molecule has 1 saturated heterocycles. The van der Waals surface area contributed by atoms with Crippen LogP contribution in [0.15, 0.2) is 47.4 Å². The average Bonchev–Trinajstić information content (AvgIpc) is 2.81. The molecular formula is C24H29N3O5S. The molecular weight excluding hydrogens is 442 g/mol. The minimum absolute atomic E-state index is 0.154. The van der Waals surface area contributed by atoms with Gasteiger partial charge in [0.15, 0.2) is 0 Å². The van der Waals surface area contributed by atoms with E-state index in [0.29, 0.717) is 42.6 Å². The number of aryl methyl sites for hydroxylation is 1. The zero-order valence-electron chi connectivity index (χ0n) is 18.9. The second-order valence-electron chi connectivity index (χ2n) is 8.64. The fourth-order valence-electron chi connectivity index (χ4n) is 4.29.